The Morgan fingerprint density at radius 3 is 2.82 bits per heavy atom. The van der Waals surface area contributed by atoms with Gasteiger partial charge in [0.15, 0.2) is 0 Å². The van der Waals surface area contributed by atoms with E-state index in [0.717, 1.165) is 25.4 Å². The first kappa shape index (κ1) is 11.3. The van der Waals surface area contributed by atoms with E-state index in [-0.39, 0.29) is 0 Å². The van der Waals surface area contributed by atoms with E-state index in [1.165, 1.54) is 0 Å². The van der Waals surface area contributed by atoms with Crippen LogP contribution in [0.4, 0.5) is 0 Å². The fraction of sp³-hybridized carbons (Fsp3) is 1.00. The molecule has 1 atom stereocenters. The predicted molar refractivity (Wildman–Crippen MR) is 52.3 cm³/mol. The summed E-state index contributed by atoms with van der Waals surface area (Å²) in [6.07, 6.45) is 0. The van der Waals surface area contributed by atoms with Crippen LogP contribution in [0.2, 0.25) is 0 Å². The first-order valence-corrected chi connectivity index (χ1v) is 5.17. The summed E-state index contributed by atoms with van der Waals surface area (Å²) in [5.74, 6) is 1.10. The third kappa shape index (κ3) is 8.17. The molecule has 68 valence electrons. The molecule has 0 aliphatic rings. The number of hydrogen-bond acceptors (Lipinski definition) is 3. The molecule has 0 rings (SSSR count). The summed E-state index contributed by atoms with van der Waals surface area (Å²) in [7, 11) is 1.75. The van der Waals surface area contributed by atoms with Gasteiger partial charge in [0.05, 0.1) is 6.61 Å². The summed E-state index contributed by atoms with van der Waals surface area (Å²) in [4.78, 5) is 0. The number of nitrogens with one attached hydrogen (secondary N) is 1. The SMILES string of the molecule is CCNCC(C)SCCOC. The van der Waals surface area contributed by atoms with Crippen LogP contribution in [-0.2, 0) is 4.74 Å². The van der Waals surface area contributed by atoms with Crippen molar-refractivity contribution in [2.24, 2.45) is 0 Å². The summed E-state index contributed by atoms with van der Waals surface area (Å²) in [5.41, 5.74) is 0. The molecule has 0 spiro atoms. The molecule has 0 aromatic heterocycles. The van der Waals surface area contributed by atoms with Gasteiger partial charge in [0.25, 0.3) is 0 Å². The highest BCUT2D eigenvalue weighted by atomic mass is 32.2. The Bertz CT molecular complexity index is 80.5. The maximum Gasteiger partial charge on any atom is 0.0553 e. The van der Waals surface area contributed by atoms with Gasteiger partial charge in [-0.3, -0.25) is 0 Å². The Morgan fingerprint density at radius 1 is 1.55 bits per heavy atom. The van der Waals surface area contributed by atoms with E-state index in [2.05, 4.69) is 19.2 Å². The first-order chi connectivity index (χ1) is 5.31. The second-order valence-corrected chi connectivity index (χ2v) is 4.03. The van der Waals surface area contributed by atoms with Crippen LogP contribution in [0.5, 0.6) is 0 Å². The van der Waals surface area contributed by atoms with Crippen molar-refractivity contribution >= 4 is 11.8 Å². The van der Waals surface area contributed by atoms with Gasteiger partial charge < -0.3 is 10.1 Å². The van der Waals surface area contributed by atoms with E-state index >= 15 is 0 Å². The predicted octanol–water partition coefficient (Wildman–Crippen LogP) is 1.36. The van der Waals surface area contributed by atoms with Gasteiger partial charge in [-0.25, -0.2) is 0 Å². The number of ether oxygens (including phenoxy) is 1. The molecule has 0 aliphatic heterocycles. The lowest BCUT2D eigenvalue weighted by molar-refractivity contribution is 0.218. The van der Waals surface area contributed by atoms with E-state index in [4.69, 9.17) is 4.74 Å². The van der Waals surface area contributed by atoms with E-state index < -0.39 is 0 Å². The molecular weight excluding hydrogens is 158 g/mol. The Hall–Kier alpha value is 0.270. The molecule has 3 heteroatoms. The average molecular weight is 177 g/mol. The average Bonchev–Trinajstić information content (AvgIpc) is 2.01. The minimum Gasteiger partial charge on any atom is -0.384 e. The highest BCUT2D eigenvalue weighted by Gasteiger charge is 1.99. The lowest BCUT2D eigenvalue weighted by Crippen LogP contribution is -2.22. The summed E-state index contributed by atoms with van der Waals surface area (Å²) < 4.78 is 4.96. The van der Waals surface area contributed by atoms with Gasteiger partial charge in [0.2, 0.25) is 0 Å². The maximum absolute atomic E-state index is 4.96. The number of rotatable bonds is 7. The molecule has 1 unspecified atom stereocenters. The minimum atomic E-state index is 0.699. The number of methoxy groups -OCH3 is 1. The van der Waals surface area contributed by atoms with Crippen LogP contribution in [0.15, 0.2) is 0 Å². The molecule has 0 fully saturated rings. The van der Waals surface area contributed by atoms with Crippen LogP contribution >= 0.6 is 11.8 Å². The van der Waals surface area contributed by atoms with E-state index in [1.807, 2.05) is 11.8 Å². The Kier molecular flexibility index (Phi) is 8.57. The smallest absolute Gasteiger partial charge is 0.0553 e. The molecule has 11 heavy (non-hydrogen) atoms. The topological polar surface area (TPSA) is 21.3 Å². The molecule has 0 radical (unpaired) electrons. The van der Waals surface area contributed by atoms with Gasteiger partial charge in [0, 0.05) is 24.7 Å². The zero-order valence-electron chi connectivity index (χ0n) is 7.72. The molecule has 0 saturated carbocycles. The summed E-state index contributed by atoms with van der Waals surface area (Å²) >= 11 is 1.95. The van der Waals surface area contributed by atoms with Gasteiger partial charge >= 0.3 is 0 Å². The lowest BCUT2D eigenvalue weighted by atomic mass is 10.5. The second-order valence-electron chi connectivity index (χ2n) is 2.48. The molecule has 2 nitrogen and oxygen atoms in total. The van der Waals surface area contributed by atoms with Crippen LogP contribution in [0.3, 0.4) is 0 Å². The van der Waals surface area contributed by atoms with Gasteiger partial charge in [-0.2, -0.15) is 11.8 Å². The van der Waals surface area contributed by atoms with Crippen molar-refractivity contribution < 1.29 is 4.74 Å². The first-order valence-electron chi connectivity index (χ1n) is 4.12. The van der Waals surface area contributed by atoms with Gasteiger partial charge in [0.1, 0.15) is 0 Å². The van der Waals surface area contributed by atoms with Crippen molar-refractivity contribution in [3.63, 3.8) is 0 Å². The van der Waals surface area contributed by atoms with Gasteiger partial charge in [-0.1, -0.05) is 13.8 Å². The van der Waals surface area contributed by atoms with Crippen LogP contribution in [0.25, 0.3) is 0 Å². The monoisotopic (exact) mass is 177 g/mol. The molecule has 0 aliphatic carbocycles. The van der Waals surface area contributed by atoms with Crippen molar-refractivity contribution in [2.75, 3.05) is 32.6 Å². The van der Waals surface area contributed by atoms with E-state index in [9.17, 15) is 0 Å². The maximum atomic E-state index is 4.96. The molecular formula is C8H19NOS. The zero-order valence-corrected chi connectivity index (χ0v) is 8.54. The van der Waals surface area contributed by atoms with Crippen molar-refractivity contribution in [1.29, 1.82) is 0 Å². The van der Waals surface area contributed by atoms with E-state index in [0.29, 0.717) is 5.25 Å². The number of thioether (sulfide) groups is 1. The fourth-order valence-electron chi connectivity index (χ4n) is 0.739. The largest absolute Gasteiger partial charge is 0.384 e. The standard InChI is InChI=1S/C8H19NOS/c1-4-9-7-8(2)11-6-5-10-3/h8-9H,4-7H2,1-3H3. The fourth-order valence-corrected chi connectivity index (χ4v) is 1.64. The van der Waals surface area contributed by atoms with Crippen molar-refractivity contribution in [1.82, 2.24) is 5.32 Å². The van der Waals surface area contributed by atoms with Crippen LogP contribution in [0.1, 0.15) is 13.8 Å². The summed E-state index contributed by atoms with van der Waals surface area (Å²) in [6, 6.07) is 0. The third-order valence-electron chi connectivity index (χ3n) is 1.37. The highest BCUT2D eigenvalue weighted by Crippen LogP contribution is 2.07. The zero-order chi connectivity index (χ0) is 8.53. The molecule has 1 N–H and O–H groups in total. The van der Waals surface area contributed by atoms with E-state index in [1.54, 1.807) is 7.11 Å². The Morgan fingerprint density at radius 2 is 2.27 bits per heavy atom. The molecule has 0 aromatic carbocycles. The third-order valence-corrected chi connectivity index (χ3v) is 2.51. The number of hydrogen-bond donors (Lipinski definition) is 1. The molecule has 0 aromatic rings. The van der Waals surface area contributed by atoms with Crippen molar-refractivity contribution in [2.45, 2.75) is 19.1 Å². The molecule has 0 heterocycles. The van der Waals surface area contributed by atoms with Gasteiger partial charge in [-0.15, -0.1) is 0 Å². The van der Waals surface area contributed by atoms with Crippen molar-refractivity contribution in [3.8, 4) is 0 Å². The molecule has 0 bridgehead atoms. The Labute approximate surface area is 74.1 Å². The second kappa shape index (κ2) is 8.37. The summed E-state index contributed by atoms with van der Waals surface area (Å²) in [5, 5.41) is 4.01. The normalized spacial score (nSPS) is 13.4. The quantitative estimate of drug-likeness (QED) is 0.593. The van der Waals surface area contributed by atoms with Crippen LogP contribution in [0, 0.1) is 0 Å². The van der Waals surface area contributed by atoms with Crippen LogP contribution < -0.4 is 5.32 Å². The van der Waals surface area contributed by atoms with Gasteiger partial charge in [-0.05, 0) is 6.54 Å². The molecule has 0 saturated heterocycles. The molecule has 0 amide bonds. The lowest BCUT2D eigenvalue weighted by Gasteiger charge is -2.10. The Balaban J connectivity index is 3.02. The minimum absolute atomic E-state index is 0.699. The van der Waals surface area contributed by atoms with Crippen LogP contribution in [-0.4, -0.2) is 37.8 Å². The summed E-state index contributed by atoms with van der Waals surface area (Å²) in [6.45, 7) is 7.40. The highest BCUT2D eigenvalue weighted by molar-refractivity contribution is 7.99. The van der Waals surface area contributed by atoms with Crippen molar-refractivity contribution in [3.05, 3.63) is 0 Å².